The quantitative estimate of drug-likeness (QED) is 0.143. The van der Waals surface area contributed by atoms with Gasteiger partial charge in [0, 0.05) is 18.8 Å². The van der Waals surface area contributed by atoms with E-state index in [0.717, 1.165) is 5.69 Å². The highest BCUT2D eigenvalue weighted by Gasteiger charge is 2.17. The van der Waals surface area contributed by atoms with E-state index in [-0.39, 0.29) is 5.95 Å². The monoisotopic (exact) mass is 525 g/mol. The molecule has 4 aromatic rings. The molecule has 39 heavy (non-hydrogen) atoms. The molecule has 0 spiro atoms. The van der Waals surface area contributed by atoms with Crippen LogP contribution in [-0.2, 0) is 4.74 Å². The molecule has 3 aromatic carbocycles. The minimum absolute atomic E-state index is 0.279. The van der Waals surface area contributed by atoms with E-state index >= 15 is 0 Å². The largest absolute Gasteiger partial charge is 0.493 e. The summed E-state index contributed by atoms with van der Waals surface area (Å²) in [4.78, 5) is 28.1. The van der Waals surface area contributed by atoms with Crippen molar-refractivity contribution in [2.45, 2.75) is 0 Å². The molecule has 1 aliphatic heterocycles. The molecule has 0 amide bonds. The van der Waals surface area contributed by atoms with Gasteiger partial charge in [-0.05, 0) is 48.0 Å². The minimum Gasteiger partial charge on any atom is -0.493 e. The highest BCUT2D eigenvalue weighted by molar-refractivity contribution is 5.91. The zero-order valence-corrected chi connectivity index (χ0v) is 21.3. The highest BCUT2D eigenvalue weighted by Crippen LogP contribution is 2.28. The minimum atomic E-state index is -0.470. The van der Waals surface area contributed by atoms with Gasteiger partial charge in [-0.3, -0.25) is 0 Å². The number of benzene rings is 3. The Kier molecular flexibility index (Phi) is 8.19. The van der Waals surface area contributed by atoms with Crippen LogP contribution in [0.1, 0.15) is 15.9 Å². The fourth-order valence-electron chi connectivity index (χ4n) is 3.77. The Morgan fingerprint density at radius 1 is 0.923 bits per heavy atom. The highest BCUT2D eigenvalue weighted by atomic mass is 16.6. The molecule has 2 N–H and O–H groups in total. The number of hydrazone groups is 1. The van der Waals surface area contributed by atoms with E-state index in [2.05, 4.69) is 30.8 Å². The molecule has 0 bridgehead atoms. The molecule has 1 fully saturated rings. The predicted molar refractivity (Wildman–Crippen MR) is 148 cm³/mol. The van der Waals surface area contributed by atoms with Crippen LogP contribution in [0, 0.1) is 0 Å². The normalized spacial score (nSPS) is 13.2. The van der Waals surface area contributed by atoms with Crippen LogP contribution in [0.15, 0.2) is 84.0 Å². The van der Waals surface area contributed by atoms with Crippen molar-refractivity contribution < 1.29 is 19.0 Å². The van der Waals surface area contributed by atoms with Crippen LogP contribution in [0.3, 0.4) is 0 Å². The van der Waals surface area contributed by atoms with E-state index in [4.69, 9.17) is 14.2 Å². The van der Waals surface area contributed by atoms with Gasteiger partial charge in [0.05, 0.1) is 32.1 Å². The summed E-state index contributed by atoms with van der Waals surface area (Å²) in [6, 6.07) is 23.5. The molecule has 0 atom stereocenters. The second kappa shape index (κ2) is 12.5. The second-order valence-corrected chi connectivity index (χ2v) is 8.41. The number of carbonyl (C=O) groups is 1. The van der Waals surface area contributed by atoms with Crippen LogP contribution in [0.4, 0.5) is 23.5 Å². The summed E-state index contributed by atoms with van der Waals surface area (Å²) in [6.07, 6.45) is 1.59. The Labute approximate surface area is 225 Å². The topological polar surface area (TPSA) is 123 Å². The number of anilines is 4. The van der Waals surface area contributed by atoms with Gasteiger partial charge >= 0.3 is 5.97 Å². The summed E-state index contributed by atoms with van der Waals surface area (Å²) in [6.45, 7) is 2.57. The first kappa shape index (κ1) is 25.6. The standard InChI is InChI=1S/C28H27N7O4/c1-37-24-18-20(12-13-23(24)39-25(36)21-8-4-2-5-9-21)19-29-34-27-31-26(30-22-10-6-3-7-11-22)32-28(33-27)35-14-16-38-17-15-35/h2-13,18-19H,14-17H2,1H3,(H2,30,31,32,33,34)/b29-19-. The zero-order valence-electron chi connectivity index (χ0n) is 21.3. The smallest absolute Gasteiger partial charge is 0.343 e. The van der Waals surface area contributed by atoms with Gasteiger partial charge in [0.1, 0.15) is 0 Å². The first-order valence-corrected chi connectivity index (χ1v) is 12.3. The van der Waals surface area contributed by atoms with E-state index in [0.29, 0.717) is 60.8 Å². The third-order valence-electron chi connectivity index (χ3n) is 5.73. The number of aromatic nitrogens is 3. The lowest BCUT2D eigenvalue weighted by atomic mass is 10.2. The van der Waals surface area contributed by atoms with Gasteiger partial charge in [-0.1, -0.05) is 36.4 Å². The van der Waals surface area contributed by atoms with Crippen molar-refractivity contribution in [2.24, 2.45) is 5.10 Å². The van der Waals surface area contributed by atoms with Gasteiger partial charge < -0.3 is 24.4 Å². The third-order valence-corrected chi connectivity index (χ3v) is 5.73. The summed E-state index contributed by atoms with van der Waals surface area (Å²) in [5.74, 6) is 1.43. The molecule has 1 aliphatic rings. The molecule has 11 heteroatoms. The molecule has 0 unspecified atom stereocenters. The third kappa shape index (κ3) is 6.84. The summed E-state index contributed by atoms with van der Waals surface area (Å²) >= 11 is 0. The van der Waals surface area contributed by atoms with E-state index in [1.54, 1.807) is 48.7 Å². The van der Waals surface area contributed by atoms with Crippen molar-refractivity contribution in [1.82, 2.24) is 15.0 Å². The molecule has 2 heterocycles. The van der Waals surface area contributed by atoms with Gasteiger partial charge in [0.15, 0.2) is 11.5 Å². The summed E-state index contributed by atoms with van der Waals surface area (Å²) in [7, 11) is 1.51. The molecule has 0 radical (unpaired) electrons. The molecule has 0 aliphatic carbocycles. The predicted octanol–water partition coefficient (Wildman–Crippen LogP) is 4.13. The maximum Gasteiger partial charge on any atom is 0.343 e. The summed E-state index contributed by atoms with van der Waals surface area (Å²) in [5.41, 5.74) is 4.90. The lowest BCUT2D eigenvalue weighted by Crippen LogP contribution is -2.37. The van der Waals surface area contributed by atoms with Crippen molar-refractivity contribution in [2.75, 3.05) is 49.1 Å². The number of rotatable bonds is 9. The van der Waals surface area contributed by atoms with Crippen molar-refractivity contribution in [3.05, 3.63) is 90.0 Å². The molecular formula is C28H27N7O4. The van der Waals surface area contributed by atoms with Crippen molar-refractivity contribution in [3.63, 3.8) is 0 Å². The number of nitrogens with one attached hydrogen (secondary N) is 2. The number of methoxy groups -OCH3 is 1. The summed E-state index contributed by atoms with van der Waals surface area (Å²) in [5, 5.41) is 7.51. The molecular weight excluding hydrogens is 498 g/mol. The Hall–Kier alpha value is -5.03. The number of hydrogen-bond acceptors (Lipinski definition) is 11. The molecule has 11 nitrogen and oxygen atoms in total. The molecule has 5 rings (SSSR count). The Bertz CT molecular complexity index is 1430. The van der Waals surface area contributed by atoms with Gasteiger partial charge in [0.2, 0.25) is 17.8 Å². The molecule has 198 valence electrons. The maximum absolute atomic E-state index is 12.4. The van der Waals surface area contributed by atoms with Crippen LogP contribution < -0.4 is 25.1 Å². The Balaban J connectivity index is 1.31. The first-order valence-electron chi connectivity index (χ1n) is 12.3. The Morgan fingerprint density at radius 3 is 2.38 bits per heavy atom. The number of para-hydroxylation sites is 1. The zero-order chi connectivity index (χ0) is 26.9. The number of carbonyl (C=O) groups excluding carboxylic acids is 1. The fraction of sp³-hybridized carbons (Fsp3) is 0.179. The van der Waals surface area contributed by atoms with Crippen LogP contribution in [0.25, 0.3) is 0 Å². The van der Waals surface area contributed by atoms with E-state index in [1.165, 1.54) is 7.11 Å². The molecule has 0 saturated carbocycles. The second-order valence-electron chi connectivity index (χ2n) is 8.41. The van der Waals surface area contributed by atoms with Crippen molar-refractivity contribution >= 4 is 35.7 Å². The van der Waals surface area contributed by atoms with E-state index in [1.807, 2.05) is 41.3 Å². The number of morpholine rings is 1. The average molecular weight is 526 g/mol. The fourth-order valence-corrected chi connectivity index (χ4v) is 3.77. The number of hydrogen-bond donors (Lipinski definition) is 2. The van der Waals surface area contributed by atoms with Crippen LogP contribution in [-0.4, -0.2) is 60.5 Å². The van der Waals surface area contributed by atoms with Gasteiger partial charge in [0.25, 0.3) is 0 Å². The van der Waals surface area contributed by atoms with E-state index < -0.39 is 5.97 Å². The summed E-state index contributed by atoms with van der Waals surface area (Å²) < 4.78 is 16.4. The van der Waals surface area contributed by atoms with Crippen molar-refractivity contribution in [3.8, 4) is 11.5 Å². The van der Waals surface area contributed by atoms with Crippen molar-refractivity contribution in [1.29, 1.82) is 0 Å². The van der Waals surface area contributed by atoms with E-state index in [9.17, 15) is 4.79 Å². The van der Waals surface area contributed by atoms with Crippen LogP contribution in [0.2, 0.25) is 0 Å². The lowest BCUT2D eigenvalue weighted by Gasteiger charge is -2.27. The maximum atomic E-state index is 12.4. The Morgan fingerprint density at radius 2 is 1.64 bits per heavy atom. The van der Waals surface area contributed by atoms with Gasteiger partial charge in [-0.2, -0.15) is 20.1 Å². The number of nitrogens with zero attached hydrogens (tertiary/aromatic N) is 5. The van der Waals surface area contributed by atoms with Crippen LogP contribution >= 0.6 is 0 Å². The van der Waals surface area contributed by atoms with Gasteiger partial charge in [-0.15, -0.1) is 0 Å². The first-order chi connectivity index (χ1) is 19.2. The molecule has 1 saturated heterocycles. The number of ether oxygens (including phenoxy) is 3. The SMILES string of the molecule is COc1cc(/C=N\Nc2nc(Nc3ccccc3)nc(N3CCOCC3)n2)ccc1OC(=O)c1ccccc1. The lowest BCUT2D eigenvalue weighted by molar-refractivity contribution is 0.0729. The van der Waals surface area contributed by atoms with Crippen LogP contribution in [0.5, 0.6) is 11.5 Å². The number of esters is 1. The molecule has 1 aromatic heterocycles. The average Bonchev–Trinajstić information content (AvgIpc) is 2.99. The van der Waals surface area contributed by atoms with Gasteiger partial charge in [-0.25, -0.2) is 10.2 Å².